The lowest BCUT2D eigenvalue weighted by Gasteiger charge is -2.40. The summed E-state index contributed by atoms with van der Waals surface area (Å²) in [6.45, 7) is 0. The van der Waals surface area contributed by atoms with Crippen molar-refractivity contribution in [3.05, 3.63) is 42.5 Å². The molecule has 2 saturated heterocycles. The van der Waals surface area contributed by atoms with E-state index in [9.17, 15) is 0 Å². The third-order valence-electron chi connectivity index (χ3n) is 4.70. The molecule has 2 nitrogen and oxygen atoms in total. The van der Waals surface area contributed by atoms with E-state index < -0.39 is 0 Å². The SMILES string of the molecule is c1ccc2cc(OC3CC4CCCC(C3)N4)ccc2c1. The normalized spacial score (nSPS) is 29.3. The Morgan fingerprint density at radius 1 is 0.900 bits per heavy atom. The van der Waals surface area contributed by atoms with Gasteiger partial charge >= 0.3 is 0 Å². The minimum Gasteiger partial charge on any atom is -0.490 e. The van der Waals surface area contributed by atoms with Crippen molar-refractivity contribution >= 4 is 10.8 Å². The van der Waals surface area contributed by atoms with Crippen molar-refractivity contribution < 1.29 is 4.74 Å². The minimum atomic E-state index is 0.382. The Morgan fingerprint density at radius 3 is 2.45 bits per heavy atom. The Balaban J connectivity index is 1.52. The molecule has 2 bridgehead atoms. The zero-order valence-corrected chi connectivity index (χ0v) is 11.7. The maximum atomic E-state index is 6.26. The molecule has 0 radical (unpaired) electrons. The van der Waals surface area contributed by atoms with E-state index in [0.29, 0.717) is 18.2 Å². The summed E-state index contributed by atoms with van der Waals surface area (Å²) in [4.78, 5) is 0. The molecular formula is C18H21NO. The topological polar surface area (TPSA) is 21.3 Å². The molecule has 2 fully saturated rings. The summed E-state index contributed by atoms with van der Waals surface area (Å²) in [7, 11) is 0. The van der Waals surface area contributed by atoms with E-state index >= 15 is 0 Å². The van der Waals surface area contributed by atoms with E-state index in [1.54, 1.807) is 0 Å². The number of nitrogens with one attached hydrogen (secondary N) is 1. The largest absolute Gasteiger partial charge is 0.490 e. The summed E-state index contributed by atoms with van der Waals surface area (Å²) in [6, 6.07) is 16.3. The summed E-state index contributed by atoms with van der Waals surface area (Å²) in [5.41, 5.74) is 0. The molecule has 20 heavy (non-hydrogen) atoms. The van der Waals surface area contributed by atoms with Gasteiger partial charge in [0.1, 0.15) is 11.9 Å². The molecule has 0 spiro atoms. The molecule has 2 aliphatic rings. The van der Waals surface area contributed by atoms with E-state index in [4.69, 9.17) is 4.74 Å². The molecule has 0 aromatic heterocycles. The van der Waals surface area contributed by atoms with E-state index in [-0.39, 0.29) is 0 Å². The molecule has 1 N–H and O–H groups in total. The molecular weight excluding hydrogens is 246 g/mol. The fraction of sp³-hybridized carbons (Fsp3) is 0.444. The number of ether oxygens (including phenoxy) is 1. The van der Waals surface area contributed by atoms with Crippen molar-refractivity contribution in [1.29, 1.82) is 0 Å². The first-order valence-electron chi connectivity index (χ1n) is 7.78. The monoisotopic (exact) mass is 267 g/mol. The zero-order chi connectivity index (χ0) is 13.4. The number of hydrogen-bond donors (Lipinski definition) is 1. The van der Waals surface area contributed by atoms with Crippen LogP contribution in [-0.4, -0.2) is 18.2 Å². The maximum absolute atomic E-state index is 6.26. The fourth-order valence-electron chi connectivity index (χ4n) is 3.74. The second kappa shape index (κ2) is 5.10. The zero-order valence-electron chi connectivity index (χ0n) is 11.7. The average Bonchev–Trinajstić information content (AvgIpc) is 2.47. The molecule has 2 atom stereocenters. The van der Waals surface area contributed by atoms with Gasteiger partial charge in [0, 0.05) is 12.1 Å². The summed E-state index contributed by atoms with van der Waals surface area (Å²) in [5.74, 6) is 1.02. The van der Waals surface area contributed by atoms with E-state index in [1.165, 1.54) is 30.0 Å². The Morgan fingerprint density at radius 2 is 1.65 bits per heavy atom. The highest BCUT2D eigenvalue weighted by Gasteiger charge is 2.32. The fourth-order valence-corrected chi connectivity index (χ4v) is 3.74. The molecule has 104 valence electrons. The van der Waals surface area contributed by atoms with Gasteiger partial charge in [-0.2, -0.15) is 0 Å². The van der Waals surface area contributed by atoms with E-state index in [1.807, 2.05) is 0 Å². The van der Waals surface area contributed by atoms with Gasteiger partial charge in [-0.1, -0.05) is 36.8 Å². The second-order valence-corrected chi connectivity index (χ2v) is 6.21. The van der Waals surface area contributed by atoms with Crippen LogP contribution in [0.25, 0.3) is 10.8 Å². The van der Waals surface area contributed by atoms with Crippen molar-refractivity contribution in [2.24, 2.45) is 0 Å². The second-order valence-electron chi connectivity index (χ2n) is 6.21. The molecule has 2 heterocycles. The minimum absolute atomic E-state index is 0.382. The molecule has 4 rings (SSSR count). The quantitative estimate of drug-likeness (QED) is 0.891. The Kier molecular flexibility index (Phi) is 3.12. The van der Waals surface area contributed by atoms with Crippen LogP contribution in [0.4, 0.5) is 0 Å². The van der Waals surface area contributed by atoms with Crippen molar-refractivity contribution in [2.75, 3.05) is 0 Å². The van der Waals surface area contributed by atoms with E-state index in [2.05, 4.69) is 47.8 Å². The van der Waals surface area contributed by atoms with Crippen molar-refractivity contribution in [3.63, 3.8) is 0 Å². The smallest absolute Gasteiger partial charge is 0.120 e. The van der Waals surface area contributed by atoms with Gasteiger partial charge in [-0.3, -0.25) is 0 Å². The van der Waals surface area contributed by atoms with Gasteiger partial charge in [0.2, 0.25) is 0 Å². The lowest BCUT2D eigenvalue weighted by molar-refractivity contribution is 0.0928. The standard InChI is InChI=1S/C18H21NO/c1-2-5-14-10-17(9-8-13(14)4-1)20-18-11-15-6-3-7-16(12-18)19-15/h1-2,4-5,8-10,15-16,18-19H,3,6-7,11-12H2. The lowest BCUT2D eigenvalue weighted by Crippen LogP contribution is -2.51. The Labute approximate surface area is 120 Å². The first-order chi connectivity index (χ1) is 9.87. The Bertz CT molecular complexity index is 597. The lowest BCUT2D eigenvalue weighted by atomic mass is 9.85. The predicted molar refractivity (Wildman–Crippen MR) is 82.2 cm³/mol. The van der Waals surface area contributed by atoms with Gasteiger partial charge < -0.3 is 10.1 Å². The van der Waals surface area contributed by atoms with Crippen LogP contribution in [0.15, 0.2) is 42.5 Å². The van der Waals surface area contributed by atoms with Crippen LogP contribution in [0.3, 0.4) is 0 Å². The van der Waals surface area contributed by atoms with Crippen molar-refractivity contribution in [1.82, 2.24) is 5.32 Å². The predicted octanol–water partition coefficient (Wildman–Crippen LogP) is 3.89. The maximum Gasteiger partial charge on any atom is 0.120 e. The summed E-state index contributed by atoms with van der Waals surface area (Å²) in [5, 5.41) is 6.26. The van der Waals surface area contributed by atoms with Gasteiger partial charge in [0.15, 0.2) is 0 Å². The molecule has 2 aromatic carbocycles. The van der Waals surface area contributed by atoms with Crippen LogP contribution in [-0.2, 0) is 0 Å². The summed E-state index contributed by atoms with van der Waals surface area (Å²) < 4.78 is 6.26. The molecule has 0 saturated carbocycles. The van der Waals surface area contributed by atoms with Crippen LogP contribution in [0, 0.1) is 0 Å². The molecule has 2 aliphatic heterocycles. The third-order valence-corrected chi connectivity index (χ3v) is 4.70. The Hall–Kier alpha value is -1.54. The summed E-state index contributed by atoms with van der Waals surface area (Å²) >= 11 is 0. The molecule has 2 heteroatoms. The van der Waals surface area contributed by atoms with Crippen molar-refractivity contribution in [2.45, 2.75) is 50.3 Å². The number of fused-ring (bicyclic) bond motifs is 3. The average molecular weight is 267 g/mol. The van der Waals surface area contributed by atoms with Crippen molar-refractivity contribution in [3.8, 4) is 5.75 Å². The molecule has 2 aromatic rings. The molecule has 0 amide bonds. The van der Waals surface area contributed by atoms with Gasteiger partial charge in [-0.25, -0.2) is 0 Å². The van der Waals surface area contributed by atoms with Crippen LogP contribution < -0.4 is 10.1 Å². The van der Waals surface area contributed by atoms with Crippen LogP contribution >= 0.6 is 0 Å². The van der Waals surface area contributed by atoms with Crippen LogP contribution in [0.2, 0.25) is 0 Å². The van der Waals surface area contributed by atoms with Gasteiger partial charge in [0.05, 0.1) is 0 Å². The van der Waals surface area contributed by atoms with Crippen LogP contribution in [0.5, 0.6) is 5.75 Å². The first-order valence-corrected chi connectivity index (χ1v) is 7.78. The highest BCUT2D eigenvalue weighted by atomic mass is 16.5. The van der Waals surface area contributed by atoms with Crippen LogP contribution in [0.1, 0.15) is 32.1 Å². The highest BCUT2D eigenvalue weighted by molar-refractivity contribution is 5.83. The third kappa shape index (κ3) is 2.40. The summed E-state index contributed by atoms with van der Waals surface area (Å²) in [6.07, 6.45) is 6.70. The first kappa shape index (κ1) is 12.2. The van der Waals surface area contributed by atoms with Gasteiger partial charge in [-0.05, 0) is 48.6 Å². The number of hydrogen-bond acceptors (Lipinski definition) is 2. The molecule has 2 unspecified atom stereocenters. The highest BCUT2D eigenvalue weighted by Crippen LogP contribution is 2.29. The van der Waals surface area contributed by atoms with E-state index in [0.717, 1.165) is 18.6 Å². The van der Waals surface area contributed by atoms with Gasteiger partial charge in [-0.15, -0.1) is 0 Å². The number of benzene rings is 2. The van der Waals surface area contributed by atoms with Gasteiger partial charge in [0.25, 0.3) is 0 Å². The number of rotatable bonds is 2. The number of piperidine rings is 2. The molecule has 0 aliphatic carbocycles.